The fraction of sp³-hybridized carbons (Fsp3) is 0.357. The maximum absolute atomic E-state index is 12.2. The Balaban J connectivity index is 1.99. The van der Waals surface area contributed by atoms with Crippen LogP contribution in [0, 0.1) is 5.41 Å². The Hall–Kier alpha value is -3.34. The number of nitrogens with one attached hydrogen (secondary N) is 1. The van der Waals surface area contributed by atoms with Gasteiger partial charge >= 0.3 is 5.97 Å². The van der Waals surface area contributed by atoms with Gasteiger partial charge in [-0.3, -0.25) is 4.79 Å². The molecule has 0 radical (unpaired) electrons. The van der Waals surface area contributed by atoms with E-state index in [4.69, 9.17) is 0 Å². The van der Waals surface area contributed by atoms with Crippen molar-refractivity contribution in [2.45, 2.75) is 53.9 Å². The molecular formula is C28H35NO4. The van der Waals surface area contributed by atoms with Gasteiger partial charge in [0.2, 0.25) is 5.91 Å². The van der Waals surface area contributed by atoms with Gasteiger partial charge in [-0.25, -0.2) is 4.79 Å². The molecule has 1 aromatic carbocycles. The minimum atomic E-state index is -0.640. The van der Waals surface area contributed by atoms with E-state index in [-0.39, 0.29) is 22.6 Å². The highest BCUT2D eigenvalue weighted by molar-refractivity contribution is 6.01. The van der Waals surface area contributed by atoms with Crippen molar-refractivity contribution in [3.8, 4) is 5.75 Å². The molecule has 0 spiro atoms. The first-order valence-electron chi connectivity index (χ1n) is 11.2. The summed E-state index contributed by atoms with van der Waals surface area (Å²) in [6.07, 6.45) is 15.3. The Morgan fingerprint density at radius 3 is 2.52 bits per heavy atom. The van der Waals surface area contributed by atoms with Crippen LogP contribution < -0.4 is 5.32 Å². The second kappa shape index (κ2) is 11.5. The number of hydrogen-bond donors (Lipinski definition) is 2. The van der Waals surface area contributed by atoms with E-state index < -0.39 is 5.97 Å². The second-order valence-corrected chi connectivity index (χ2v) is 9.14. The van der Waals surface area contributed by atoms with Crippen molar-refractivity contribution < 1.29 is 19.4 Å². The van der Waals surface area contributed by atoms with Crippen LogP contribution in [-0.2, 0) is 9.53 Å². The summed E-state index contributed by atoms with van der Waals surface area (Å²) in [4.78, 5) is 23.8. The highest BCUT2D eigenvalue weighted by atomic mass is 16.5. The zero-order chi connectivity index (χ0) is 24.6. The summed E-state index contributed by atoms with van der Waals surface area (Å²) in [5.41, 5.74) is 5.47. The van der Waals surface area contributed by atoms with Crippen LogP contribution in [0.1, 0.15) is 64.2 Å². The number of amides is 1. The lowest BCUT2D eigenvalue weighted by molar-refractivity contribution is -0.111. The van der Waals surface area contributed by atoms with Crippen molar-refractivity contribution in [3.63, 3.8) is 0 Å². The Labute approximate surface area is 197 Å². The maximum Gasteiger partial charge on any atom is 0.341 e. The standard InChI is InChI=1S/C28H35NO4/c1-19(12-15-24-21(3)11-8-16-28(24,4)5)9-7-10-20(2)17-26(31)29-22-13-14-23(25(30)18-22)27(32)33-6/h7,9-10,12-15,17-18,30H,8,11,16H2,1-6H3,(H,29,31)/b10-7+,15-12+,19-9+,20-17+. The second-order valence-electron chi connectivity index (χ2n) is 9.14. The fourth-order valence-corrected chi connectivity index (χ4v) is 3.96. The first-order valence-corrected chi connectivity index (χ1v) is 11.2. The zero-order valence-electron chi connectivity index (χ0n) is 20.5. The molecule has 1 amide bonds. The van der Waals surface area contributed by atoms with E-state index in [1.54, 1.807) is 0 Å². The van der Waals surface area contributed by atoms with Crippen LogP contribution in [0.3, 0.4) is 0 Å². The van der Waals surface area contributed by atoms with Gasteiger partial charge in [0, 0.05) is 17.8 Å². The van der Waals surface area contributed by atoms with E-state index in [9.17, 15) is 14.7 Å². The molecule has 0 heterocycles. The lowest BCUT2D eigenvalue weighted by atomic mass is 9.72. The van der Waals surface area contributed by atoms with Gasteiger partial charge in [-0.1, -0.05) is 55.4 Å². The van der Waals surface area contributed by atoms with Gasteiger partial charge in [0.25, 0.3) is 0 Å². The average molecular weight is 450 g/mol. The van der Waals surface area contributed by atoms with Crippen LogP contribution in [0.4, 0.5) is 5.69 Å². The molecular weight excluding hydrogens is 414 g/mol. The first-order chi connectivity index (χ1) is 15.5. The molecule has 0 saturated heterocycles. The molecule has 2 N–H and O–H groups in total. The molecule has 0 saturated carbocycles. The van der Waals surface area contributed by atoms with Gasteiger partial charge < -0.3 is 15.2 Å². The number of carbonyl (C=O) groups is 2. The van der Waals surface area contributed by atoms with E-state index in [1.807, 2.05) is 25.2 Å². The Morgan fingerprint density at radius 1 is 1.15 bits per heavy atom. The third-order valence-electron chi connectivity index (χ3n) is 5.80. The third kappa shape index (κ3) is 7.63. The smallest absolute Gasteiger partial charge is 0.341 e. The third-order valence-corrected chi connectivity index (χ3v) is 5.80. The molecule has 1 aromatic rings. The molecule has 0 atom stereocenters. The molecule has 0 aliphatic heterocycles. The number of ether oxygens (including phenoxy) is 1. The molecule has 33 heavy (non-hydrogen) atoms. The molecule has 176 valence electrons. The van der Waals surface area contributed by atoms with Crippen molar-refractivity contribution >= 4 is 17.6 Å². The molecule has 1 aliphatic carbocycles. The Morgan fingerprint density at radius 2 is 1.88 bits per heavy atom. The minimum absolute atomic E-state index is 0.0415. The quantitative estimate of drug-likeness (QED) is 0.278. The van der Waals surface area contributed by atoms with Crippen molar-refractivity contribution in [2.75, 3.05) is 12.4 Å². The molecule has 0 aromatic heterocycles. The number of carbonyl (C=O) groups excluding carboxylic acids is 2. The molecule has 5 heteroatoms. The summed E-state index contributed by atoms with van der Waals surface area (Å²) in [7, 11) is 1.24. The van der Waals surface area contributed by atoms with Crippen LogP contribution in [0.25, 0.3) is 0 Å². The summed E-state index contributed by atoms with van der Waals surface area (Å²) >= 11 is 0. The number of phenolic OH excluding ortho intramolecular Hbond substituents is 1. The molecule has 0 fully saturated rings. The summed E-state index contributed by atoms with van der Waals surface area (Å²) in [5, 5.41) is 12.6. The Bertz CT molecular complexity index is 1050. The normalized spacial score (nSPS) is 17.0. The van der Waals surface area contributed by atoms with E-state index in [0.717, 1.165) is 11.1 Å². The van der Waals surface area contributed by atoms with Crippen molar-refractivity contribution in [2.24, 2.45) is 5.41 Å². The van der Waals surface area contributed by atoms with Gasteiger partial charge in [0.15, 0.2) is 0 Å². The number of rotatable bonds is 7. The highest BCUT2D eigenvalue weighted by Gasteiger charge is 2.26. The van der Waals surface area contributed by atoms with E-state index in [0.29, 0.717) is 5.69 Å². The monoisotopic (exact) mass is 449 g/mol. The number of methoxy groups -OCH3 is 1. The van der Waals surface area contributed by atoms with Gasteiger partial charge in [0.05, 0.1) is 7.11 Å². The van der Waals surface area contributed by atoms with Gasteiger partial charge in [0.1, 0.15) is 11.3 Å². The van der Waals surface area contributed by atoms with Crippen LogP contribution in [0.2, 0.25) is 0 Å². The van der Waals surface area contributed by atoms with E-state index in [1.165, 1.54) is 61.8 Å². The summed E-state index contributed by atoms with van der Waals surface area (Å²) in [5.74, 6) is -1.22. The molecule has 1 aliphatic rings. The van der Waals surface area contributed by atoms with Crippen LogP contribution in [0.15, 0.2) is 76.9 Å². The molecule has 0 bridgehead atoms. The number of esters is 1. The number of phenols is 1. The van der Waals surface area contributed by atoms with E-state index >= 15 is 0 Å². The van der Waals surface area contributed by atoms with Crippen LogP contribution in [-0.4, -0.2) is 24.1 Å². The van der Waals surface area contributed by atoms with Gasteiger partial charge in [-0.05, 0) is 68.7 Å². The topological polar surface area (TPSA) is 75.6 Å². The predicted octanol–water partition coefficient (Wildman–Crippen LogP) is 6.65. The SMILES string of the molecule is COC(=O)c1ccc(NC(=O)/C=C(C)/C=C/C=C(C)/C=C/C2=C(C)CCCC2(C)C)cc1O. The number of benzene rings is 1. The maximum atomic E-state index is 12.2. The fourth-order valence-electron chi connectivity index (χ4n) is 3.96. The average Bonchev–Trinajstić information content (AvgIpc) is 2.72. The summed E-state index contributed by atoms with van der Waals surface area (Å²) in [6.45, 7) is 10.7. The largest absolute Gasteiger partial charge is 0.507 e. The number of allylic oxidation sites excluding steroid dienone is 9. The van der Waals surface area contributed by atoms with Crippen molar-refractivity contribution in [1.82, 2.24) is 0 Å². The van der Waals surface area contributed by atoms with Gasteiger partial charge in [-0.2, -0.15) is 0 Å². The van der Waals surface area contributed by atoms with Gasteiger partial charge in [-0.15, -0.1) is 0 Å². The molecule has 2 rings (SSSR count). The number of aromatic hydroxyl groups is 1. The first kappa shape index (κ1) is 25.9. The van der Waals surface area contributed by atoms with Crippen LogP contribution in [0.5, 0.6) is 5.75 Å². The Kier molecular flexibility index (Phi) is 9.03. The lowest BCUT2D eigenvalue weighted by Gasteiger charge is -2.32. The molecule has 5 nitrogen and oxygen atoms in total. The number of anilines is 1. The number of hydrogen-bond acceptors (Lipinski definition) is 4. The lowest BCUT2D eigenvalue weighted by Crippen LogP contribution is -2.19. The van der Waals surface area contributed by atoms with Crippen molar-refractivity contribution in [1.29, 1.82) is 0 Å². The predicted molar refractivity (Wildman–Crippen MR) is 134 cm³/mol. The van der Waals surface area contributed by atoms with E-state index in [2.05, 4.69) is 49.9 Å². The highest BCUT2D eigenvalue weighted by Crippen LogP contribution is 2.40. The summed E-state index contributed by atoms with van der Waals surface area (Å²) < 4.78 is 4.59. The van der Waals surface area contributed by atoms with Crippen LogP contribution >= 0.6 is 0 Å². The van der Waals surface area contributed by atoms with Crippen molar-refractivity contribution in [3.05, 3.63) is 82.5 Å². The summed E-state index contributed by atoms with van der Waals surface area (Å²) in [6, 6.07) is 4.25. The minimum Gasteiger partial charge on any atom is -0.507 e. The molecule has 0 unspecified atom stereocenters. The zero-order valence-corrected chi connectivity index (χ0v) is 20.5.